The van der Waals surface area contributed by atoms with Gasteiger partial charge in [0.05, 0.1) is 25.1 Å². The van der Waals surface area contributed by atoms with Crippen molar-refractivity contribution in [1.82, 2.24) is 18.7 Å². The Bertz CT molecular complexity index is 1780. The van der Waals surface area contributed by atoms with E-state index in [4.69, 9.17) is 11.6 Å². The number of imidazole rings is 1. The summed E-state index contributed by atoms with van der Waals surface area (Å²) in [5.41, 5.74) is -0.751. The van der Waals surface area contributed by atoms with Crippen molar-refractivity contribution in [1.29, 1.82) is 0 Å². The van der Waals surface area contributed by atoms with E-state index in [1.165, 1.54) is 39.7 Å². The minimum absolute atomic E-state index is 0.00855. The fraction of sp³-hybridized carbons (Fsp3) is 0.0769. The highest BCUT2D eigenvalue weighted by atomic mass is 35.5. The topological polar surface area (TPSA) is 78.9 Å². The van der Waals surface area contributed by atoms with Crippen molar-refractivity contribution in [2.24, 2.45) is 0 Å². The molecule has 0 atom stereocenters. The monoisotopic (exact) mass is 524 g/mol. The lowest BCUT2D eigenvalue weighted by atomic mass is 10.1. The second-order valence-electron chi connectivity index (χ2n) is 8.21. The van der Waals surface area contributed by atoms with Gasteiger partial charge in [-0.3, -0.25) is 14.2 Å². The molecule has 0 saturated carbocycles. The summed E-state index contributed by atoms with van der Waals surface area (Å²) < 4.78 is 43.8. The molecule has 186 valence electrons. The van der Waals surface area contributed by atoms with Gasteiger partial charge in [0.15, 0.2) is 28.6 Å². The Labute approximate surface area is 211 Å². The minimum Gasteiger partial charge on any atom is -0.317 e. The number of rotatable bonds is 6. The zero-order chi connectivity index (χ0) is 26.3. The summed E-state index contributed by atoms with van der Waals surface area (Å²) in [6.07, 6.45) is 1.22. The molecule has 0 aliphatic heterocycles. The van der Waals surface area contributed by atoms with E-state index in [9.17, 15) is 27.6 Å². The molecule has 0 spiro atoms. The highest BCUT2D eigenvalue weighted by Crippen LogP contribution is 2.17. The average Bonchev–Trinajstić information content (AvgIpc) is 3.29. The Morgan fingerprint density at radius 1 is 0.892 bits per heavy atom. The molecule has 5 aromatic rings. The molecule has 0 radical (unpaired) electrons. The quantitative estimate of drug-likeness (QED) is 0.309. The third-order valence-corrected chi connectivity index (χ3v) is 6.05. The summed E-state index contributed by atoms with van der Waals surface area (Å²) >= 11 is 5.99. The van der Waals surface area contributed by atoms with Crippen LogP contribution in [-0.2, 0) is 13.1 Å². The van der Waals surface area contributed by atoms with Crippen LogP contribution in [0.1, 0.15) is 15.9 Å². The lowest BCUT2D eigenvalue weighted by molar-refractivity contribution is 0.0972. The maximum absolute atomic E-state index is 13.7. The SMILES string of the molecule is O=C(Cn1cnc2c1c(=O)n(Cc1ccc(F)cc1)c(=O)n2-c1ccc(Cl)cc1)c1ccc(F)c(F)c1. The van der Waals surface area contributed by atoms with Gasteiger partial charge in [0.2, 0.25) is 0 Å². The third-order valence-electron chi connectivity index (χ3n) is 5.79. The third kappa shape index (κ3) is 4.58. The molecule has 2 aromatic heterocycles. The van der Waals surface area contributed by atoms with Crippen molar-refractivity contribution in [3.8, 4) is 5.69 Å². The van der Waals surface area contributed by atoms with Crippen molar-refractivity contribution in [3.05, 3.63) is 127 Å². The molecule has 0 bridgehead atoms. The number of hydrogen-bond donors (Lipinski definition) is 0. The summed E-state index contributed by atoms with van der Waals surface area (Å²) in [5.74, 6) is -3.36. The van der Waals surface area contributed by atoms with E-state index in [0.29, 0.717) is 16.3 Å². The Hall–Kier alpha value is -4.44. The standard InChI is InChI=1S/C26H16ClF3N4O3/c27-17-4-8-19(9-5-17)34-24-23(25(36)33(26(34)37)12-15-1-6-18(28)7-2-15)32(14-31-24)13-22(35)16-3-10-20(29)21(30)11-16/h1-11,14H,12-13H2. The van der Waals surface area contributed by atoms with E-state index in [-0.39, 0.29) is 23.3 Å². The summed E-state index contributed by atoms with van der Waals surface area (Å²) in [4.78, 5) is 44.1. The summed E-state index contributed by atoms with van der Waals surface area (Å²) in [6.45, 7) is -0.601. The Kier molecular flexibility index (Phi) is 6.26. The number of benzene rings is 3. The molecular weight excluding hydrogens is 509 g/mol. The number of carbonyl (C=O) groups is 1. The molecule has 0 amide bonds. The van der Waals surface area contributed by atoms with Crippen LogP contribution in [0.25, 0.3) is 16.9 Å². The molecule has 7 nitrogen and oxygen atoms in total. The van der Waals surface area contributed by atoms with Crippen LogP contribution in [0.5, 0.6) is 0 Å². The summed E-state index contributed by atoms with van der Waals surface area (Å²) in [5, 5.41) is 0.426. The van der Waals surface area contributed by atoms with E-state index in [1.54, 1.807) is 24.3 Å². The highest BCUT2D eigenvalue weighted by molar-refractivity contribution is 6.30. The fourth-order valence-corrected chi connectivity index (χ4v) is 4.08. The Morgan fingerprint density at radius 2 is 1.59 bits per heavy atom. The van der Waals surface area contributed by atoms with E-state index in [0.717, 1.165) is 22.8 Å². The molecule has 0 aliphatic carbocycles. The van der Waals surface area contributed by atoms with Crippen LogP contribution in [0.4, 0.5) is 13.2 Å². The average molecular weight is 525 g/mol. The summed E-state index contributed by atoms with van der Waals surface area (Å²) in [7, 11) is 0. The van der Waals surface area contributed by atoms with Crippen molar-refractivity contribution >= 4 is 28.5 Å². The molecular formula is C26H16ClF3N4O3. The maximum atomic E-state index is 13.7. The normalized spacial score (nSPS) is 11.2. The number of carbonyl (C=O) groups excluding carboxylic acids is 1. The van der Waals surface area contributed by atoms with Gasteiger partial charge in [0.1, 0.15) is 5.82 Å². The van der Waals surface area contributed by atoms with Crippen LogP contribution in [0.15, 0.2) is 82.6 Å². The predicted octanol–water partition coefficient (Wildman–Crippen LogP) is 4.35. The zero-order valence-electron chi connectivity index (χ0n) is 18.9. The first-order valence-corrected chi connectivity index (χ1v) is 11.3. The second-order valence-corrected chi connectivity index (χ2v) is 8.65. The Morgan fingerprint density at radius 3 is 2.27 bits per heavy atom. The van der Waals surface area contributed by atoms with Crippen LogP contribution in [0.3, 0.4) is 0 Å². The number of hydrogen-bond acceptors (Lipinski definition) is 4. The minimum atomic E-state index is -1.18. The predicted molar refractivity (Wildman–Crippen MR) is 131 cm³/mol. The number of ketones is 1. The van der Waals surface area contributed by atoms with Gasteiger partial charge in [-0.2, -0.15) is 0 Å². The van der Waals surface area contributed by atoms with Crippen molar-refractivity contribution in [2.75, 3.05) is 0 Å². The smallest absolute Gasteiger partial charge is 0.317 e. The van der Waals surface area contributed by atoms with E-state index in [1.807, 2.05) is 0 Å². The lowest BCUT2D eigenvalue weighted by Crippen LogP contribution is -2.40. The van der Waals surface area contributed by atoms with Crippen molar-refractivity contribution < 1.29 is 18.0 Å². The van der Waals surface area contributed by atoms with Gasteiger partial charge in [-0.1, -0.05) is 23.7 Å². The first-order chi connectivity index (χ1) is 17.7. The van der Waals surface area contributed by atoms with Crippen LogP contribution < -0.4 is 11.2 Å². The van der Waals surface area contributed by atoms with Crippen LogP contribution in [0.2, 0.25) is 5.02 Å². The summed E-state index contributed by atoms with van der Waals surface area (Å²) in [6, 6.07) is 14.3. The number of Topliss-reactive ketones (excluding diaryl/α,β-unsaturated/α-hetero) is 1. The first-order valence-electron chi connectivity index (χ1n) is 10.9. The number of halogens is 4. The van der Waals surface area contributed by atoms with Crippen LogP contribution in [-0.4, -0.2) is 24.5 Å². The highest BCUT2D eigenvalue weighted by Gasteiger charge is 2.21. The van der Waals surface area contributed by atoms with Gasteiger partial charge in [0, 0.05) is 10.6 Å². The molecule has 0 aliphatic rings. The van der Waals surface area contributed by atoms with Gasteiger partial charge in [-0.05, 0) is 60.2 Å². The van der Waals surface area contributed by atoms with Gasteiger partial charge >= 0.3 is 5.69 Å². The molecule has 0 fully saturated rings. The lowest BCUT2D eigenvalue weighted by Gasteiger charge is -2.13. The van der Waals surface area contributed by atoms with E-state index < -0.39 is 41.0 Å². The zero-order valence-corrected chi connectivity index (χ0v) is 19.6. The molecule has 11 heteroatoms. The number of nitrogens with zero attached hydrogens (tertiary/aromatic N) is 4. The van der Waals surface area contributed by atoms with Gasteiger partial charge < -0.3 is 4.57 Å². The second kappa shape index (κ2) is 9.55. The molecule has 0 saturated heterocycles. The molecule has 37 heavy (non-hydrogen) atoms. The molecule has 5 rings (SSSR count). The van der Waals surface area contributed by atoms with Crippen LogP contribution in [0, 0.1) is 17.5 Å². The molecule has 3 aromatic carbocycles. The molecule has 0 unspecified atom stereocenters. The number of fused-ring (bicyclic) bond motifs is 1. The number of aromatic nitrogens is 4. The molecule has 2 heterocycles. The van der Waals surface area contributed by atoms with E-state index in [2.05, 4.69) is 4.98 Å². The molecule has 0 N–H and O–H groups in total. The largest absolute Gasteiger partial charge is 0.337 e. The Balaban J connectivity index is 1.68. The van der Waals surface area contributed by atoms with Gasteiger partial charge in [0.25, 0.3) is 5.56 Å². The van der Waals surface area contributed by atoms with Crippen molar-refractivity contribution in [3.63, 3.8) is 0 Å². The van der Waals surface area contributed by atoms with Crippen LogP contribution >= 0.6 is 11.6 Å². The fourth-order valence-electron chi connectivity index (χ4n) is 3.95. The van der Waals surface area contributed by atoms with Crippen molar-refractivity contribution in [2.45, 2.75) is 13.1 Å². The first kappa shape index (κ1) is 24.3. The van der Waals surface area contributed by atoms with E-state index >= 15 is 0 Å². The van der Waals surface area contributed by atoms with Gasteiger partial charge in [-0.15, -0.1) is 0 Å². The maximum Gasteiger partial charge on any atom is 0.337 e. The van der Waals surface area contributed by atoms with Gasteiger partial charge in [-0.25, -0.2) is 27.5 Å².